The van der Waals surface area contributed by atoms with Crippen molar-refractivity contribution in [2.75, 3.05) is 0 Å². The quantitative estimate of drug-likeness (QED) is 0.592. The highest BCUT2D eigenvalue weighted by Gasteiger charge is 2.10. The van der Waals surface area contributed by atoms with Crippen LogP contribution in [0.4, 0.5) is 0 Å². The maximum atomic E-state index is 2.42. The highest BCUT2D eigenvalue weighted by molar-refractivity contribution is 5.30. The van der Waals surface area contributed by atoms with Crippen LogP contribution >= 0.6 is 0 Å². The van der Waals surface area contributed by atoms with Crippen molar-refractivity contribution in [3.8, 4) is 0 Å². The fourth-order valence-electron chi connectivity index (χ4n) is 3.11. The second kappa shape index (κ2) is 8.33. The van der Waals surface area contributed by atoms with Crippen LogP contribution in [0.1, 0.15) is 36.3 Å². The second-order valence-corrected chi connectivity index (χ2v) is 6.14. The summed E-state index contributed by atoms with van der Waals surface area (Å²) in [6.45, 7) is 0. The van der Waals surface area contributed by atoms with Crippen LogP contribution in [-0.4, -0.2) is 0 Å². The van der Waals surface area contributed by atoms with Gasteiger partial charge in [0.2, 0.25) is 0 Å². The molecule has 0 saturated heterocycles. The van der Waals surface area contributed by atoms with Gasteiger partial charge in [0.05, 0.1) is 0 Å². The molecule has 0 amide bonds. The molecule has 3 rings (SSSR count). The zero-order valence-corrected chi connectivity index (χ0v) is 13.6. The molecule has 2 aromatic carbocycles. The fourth-order valence-corrected chi connectivity index (χ4v) is 3.11. The zero-order chi connectivity index (χ0) is 15.7. The molecule has 0 aromatic heterocycles. The van der Waals surface area contributed by atoms with Gasteiger partial charge >= 0.3 is 0 Å². The minimum Gasteiger partial charge on any atom is -0.0804 e. The Kier molecular flexibility index (Phi) is 5.64. The van der Waals surface area contributed by atoms with Gasteiger partial charge in [-0.05, 0) is 48.3 Å². The first-order chi connectivity index (χ1) is 11.4. The third-order valence-corrected chi connectivity index (χ3v) is 4.47. The number of hydrogen-bond acceptors (Lipinski definition) is 0. The molecule has 0 N–H and O–H groups in total. The highest BCUT2D eigenvalue weighted by atomic mass is 14.2. The van der Waals surface area contributed by atoms with Crippen LogP contribution in [0.2, 0.25) is 0 Å². The number of allylic oxidation sites excluding steroid dienone is 6. The standard InChI is InChI=1S/C23H24/c1-4-10-20(11-5-1)16-18-23(22-14-8-3-9-15-22)19-17-21-12-6-2-7-13-21/h1-12,14-15,17,23H,13,16,18-19H2. The van der Waals surface area contributed by atoms with E-state index in [4.69, 9.17) is 0 Å². The van der Waals surface area contributed by atoms with Gasteiger partial charge in [0.15, 0.2) is 0 Å². The Morgan fingerprint density at radius 2 is 1.61 bits per heavy atom. The lowest BCUT2D eigenvalue weighted by Crippen LogP contribution is -2.01. The smallest absolute Gasteiger partial charge is 0.00975 e. The maximum Gasteiger partial charge on any atom is -0.00975 e. The molecular formula is C23H24. The second-order valence-electron chi connectivity index (χ2n) is 6.14. The van der Waals surface area contributed by atoms with E-state index in [2.05, 4.69) is 91.0 Å². The van der Waals surface area contributed by atoms with E-state index in [-0.39, 0.29) is 0 Å². The van der Waals surface area contributed by atoms with Crippen molar-refractivity contribution in [3.63, 3.8) is 0 Å². The van der Waals surface area contributed by atoms with Crippen molar-refractivity contribution in [3.05, 3.63) is 108 Å². The molecule has 0 aliphatic heterocycles. The van der Waals surface area contributed by atoms with Crippen molar-refractivity contribution >= 4 is 0 Å². The Morgan fingerprint density at radius 3 is 2.30 bits per heavy atom. The first-order valence-electron chi connectivity index (χ1n) is 8.53. The first kappa shape index (κ1) is 15.6. The third kappa shape index (κ3) is 4.82. The van der Waals surface area contributed by atoms with Crippen molar-refractivity contribution in [1.29, 1.82) is 0 Å². The first-order valence-corrected chi connectivity index (χ1v) is 8.53. The van der Waals surface area contributed by atoms with Crippen LogP contribution in [-0.2, 0) is 6.42 Å². The summed E-state index contributed by atoms with van der Waals surface area (Å²) < 4.78 is 0. The lowest BCUT2D eigenvalue weighted by atomic mass is 9.88. The number of hydrogen-bond donors (Lipinski definition) is 0. The average Bonchev–Trinajstić information content (AvgIpc) is 2.64. The molecule has 23 heavy (non-hydrogen) atoms. The molecule has 116 valence electrons. The molecule has 0 nitrogen and oxygen atoms in total. The van der Waals surface area contributed by atoms with E-state index in [1.165, 1.54) is 23.1 Å². The predicted octanol–water partition coefficient (Wildman–Crippen LogP) is 6.24. The average molecular weight is 300 g/mol. The highest BCUT2D eigenvalue weighted by Crippen LogP contribution is 2.27. The third-order valence-electron chi connectivity index (χ3n) is 4.47. The van der Waals surface area contributed by atoms with E-state index >= 15 is 0 Å². The van der Waals surface area contributed by atoms with Crippen molar-refractivity contribution in [2.24, 2.45) is 0 Å². The number of benzene rings is 2. The lowest BCUT2D eigenvalue weighted by molar-refractivity contribution is 0.631. The summed E-state index contributed by atoms with van der Waals surface area (Å²) in [7, 11) is 0. The van der Waals surface area contributed by atoms with Gasteiger partial charge in [0, 0.05) is 0 Å². The minimum atomic E-state index is 0.586. The van der Waals surface area contributed by atoms with Gasteiger partial charge in [0.25, 0.3) is 0 Å². The minimum absolute atomic E-state index is 0.586. The summed E-state index contributed by atoms with van der Waals surface area (Å²) in [4.78, 5) is 0. The summed E-state index contributed by atoms with van der Waals surface area (Å²) >= 11 is 0. The molecule has 0 saturated carbocycles. The van der Waals surface area contributed by atoms with E-state index in [0.29, 0.717) is 5.92 Å². The van der Waals surface area contributed by atoms with Crippen LogP contribution in [0.25, 0.3) is 0 Å². The maximum absolute atomic E-state index is 2.42. The Labute approximate surface area is 139 Å². The van der Waals surface area contributed by atoms with E-state index < -0.39 is 0 Å². The fraction of sp³-hybridized carbons (Fsp3) is 0.217. The summed E-state index contributed by atoms with van der Waals surface area (Å²) in [5.41, 5.74) is 4.32. The molecule has 1 atom stereocenters. The number of aryl methyl sites for hydroxylation is 1. The van der Waals surface area contributed by atoms with Gasteiger partial charge in [-0.1, -0.05) is 91.0 Å². The predicted molar refractivity (Wildman–Crippen MR) is 99.5 cm³/mol. The van der Waals surface area contributed by atoms with E-state index in [1.807, 2.05) is 0 Å². The summed E-state index contributed by atoms with van der Waals surface area (Å²) in [6.07, 6.45) is 15.7. The SMILES string of the molecule is C1=CCC(=CCC(CCc2ccccc2)c2ccccc2)C=C1. The van der Waals surface area contributed by atoms with Gasteiger partial charge in [-0.2, -0.15) is 0 Å². The molecule has 2 aromatic rings. The summed E-state index contributed by atoms with van der Waals surface area (Å²) in [5, 5.41) is 0. The van der Waals surface area contributed by atoms with Crippen LogP contribution in [0.5, 0.6) is 0 Å². The van der Waals surface area contributed by atoms with Gasteiger partial charge < -0.3 is 0 Å². The Balaban J connectivity index is 1.69. The molecule has 0 radical (unpaired) electrons. The van der Waals surface area contributed by atoms with Gasteiger partial charge in [-0.15, -0.1) is 0 Å². The summed E-state index contributed by atoms with van der Waals surface area (Å²) in [6, 6.07) is 21.8. The molecule has 0 heterocycles. The van der Waals surface area contributed by atoms with Gasteiger partial charge in [-0.3, -0.25) is 0 Å². The van der Waals surface area contributed by atoms with E-state index in [9.17, 15) is 0 Å². The van der Waals surface area contributed by atoms with Crippen LogP contribution in [0, 0.1) is 0 Å². The van der Waals surface area contributed by atoms with Crippen LogP contribution in [0.15, 0.2) is 96.6 Å². The largest absolute Gasteiger partial charge is 0.0804 e. The molecule has 0 fully saturated rings. The van der Waals surface area contributed by atoms with Crippen LogP contribution < -0.4 is 0 Å². The van der Waals surface area contributed by atoms with Crippen LogP contribution in [0.3, 0.4) is 0 Å². The van der Waals surface area contributed by atoms with E-state index in [1.54, 1.807) is 0 Å². The molecule has 1 unspecified atom stereocenters. The van der Waals surface area contributed by atoms with Gasteiger partial charge in [0.1, 0.15) is 0 Å². The lowest BCUT2D eigenvalue weighted by Gasteiger charge is -2.16. The molecular weight excluding hydrogens is 276 g/mol. The molecule has 1 aliphatic carbocycles. The Hall–Kier alpha value is -2.34. The topological polar surface area (TPSA) is 0 Å². The molecule has 1 aliphatic rings. The van der Waals surface area contributed by atoms with Crippen molar-refractivity contribution in [2.45, 2.75) is 31.6 Å². The van der Waals surface area contributed by atoms with Gasteiger partial charge in [-0.25, -0.2) is 0 Å². The number of rotatable bonds is 6. The van der Waals surface area contributed by atoms with E-state index in [0.717, 1.165) is 19.3 Å². The Bertz CT molecular complexity index is 674. The normalized spacial score (nSPS) is 16.6. The molecule has 0 heteroatoms. The Morgan fingerprint density at radius 1 is 0.870 bits per heavy atom. The molecule has 0 bridgehead atoms. The summed E-state index contributed by atoms with van der Waals surface area (Å²) in [5.74, 6) is 0.586. The monoisotopic (exact) mass is 300 g/mol. The van der Waals surface area contributed by atoms with Crippen molar-refractivity contribution in [1.82, 2.24) is 0 Å². The zero-order valence-electron chi connectivity index (χ0n) is 13.6. The van der Waals surface area contributed by atoms with Crippen molar-refractivity contribution < 1.29 is 0 Å². The molecule has 0 spiro atoms.